The van der Waals surface area contributed by atoms with Gasteiger partial charge in [-0.2, -0.15) is 5.21 Å². The van der Waals surface area contributed by atoms with Gasteiger partial charge in [0.05, 0.1) is 0 Å². The largest absolute Gasteiger partial charge is 0.480 e. The van der Waals surface area contributed by atoms with Crippen molar-refractivity contribution in [1.29, 1.82) is 0 Å². The Bertz CT molecular complexity index is 665. The zero-order chi connectivity index (χ0) is 18.7. The normalized spacial score (nSPS) is 28.2. The van der Waals surface area contributed by atoms with Crippen molar-refractivity contribution < 1.29 is 24.6 Å². The number of tetrazole rings is 1. The number of fused-ring (bicyclic) bond motifs is 1. The van der Waals surface area contributed by atoms with Crippen molar-refractivity contribution in [3.63, 3.8) is 0 Å². The average Bonchev–Trinajstić information content (AvgIpc) is 3.11. The molecule has 2 heterocycles. The highest BCUT2D eigenvalue weighted by Crippen LogP contribution is 2.42. The molecule has 4 atom stereocenters. The topological polar surface area (TPSA) is 161 Å². The van der Waals surface area contributed by atoms with Crippen LogP contribution < -0.4 is 5.32 Å². The number of rotatable bonds is 5. The van der Waals surface area contributed by atoms with Crippen LogP contribution in [0.1, 0.15) is 38.5 Å². The van der Waals surface area contributed by atoms with E-state index < -0.39 is 18.1 Å². The number of likely N-dealkylation sites (tertiary alicyclic amines) is 1. The van der Waals surface area contributed by atoms with E-state index in [0.717, 1.165) is 24.2 Å². The molecule has 1 aromatic heterocycles. The summed E-state index contributed by atoms with van der Waals surface area (Å²) < 4.78 is 0. The molecule has 142 valence electrons. The summed E-state index contributed by atoms with van der Waals surface area (Å²) in [6.45, 7) is 0.280. The summed E-state index contributed by atoms with van der Waals surface area (Å²) in [6.07, 6.45) is 2.82. The number of nitrogens with one attached hydrogen (secondary N) is 2. The van der Waals surface area contributed by atoms with Gasteiger partial charge in [0.25, 0.3) is 5.95 Å². The Morgan fingerprint density at radius 2 is 2.00 bits per heavy atom. The van der Waals surface area contributed by atoms with Gasteiger partial charge in [-0.3, -0.25) is 15.0 Å². The van der Waals surface area contributed by atoms with E-state index >= 15 is 0 Å². The van der Waals surface area contributed by atoms with Gasteiger partial charge in [-0.1, -0.05) is 11.5 Å². The van der Waals surface area contributed by atoms with Gasteiger partial charge >= 0.3 is 12.1 Å². The van der Waals surface area contributed by atoms with E-state index in [0.29, 0.717) is 25.2 Å². The Hall–Kier alpha value is -2.72. The maximum absolute atomic E-state index is 11.9. The fourth-order valence-corrected chi connectivity index (χ4v) is 4.19. The van der Waals surface area contributed by atoms with Crippen molar-refractivity contribution in [3.8, 4) is 0 Å². The number of piperidine rings is 1. The molecule has 4 N–H and O–H groups in total. The molecule has 2 fully saturated rings. The molecule has 1 aliphatic heterocycles. The second kappa shape index (κ2) is 7.67. The molecule has 11 nitrogen and oxygen atoms in total. The van der Waals surface area contributed by atoms with Gasteiger partial charge in [-0.25, -0.2) is 9.59 Å². The van der Waals surface area contributed by atoms with E-state index in [-0.39, 0.29) is 30.2 Å². The minimum Gasteiger partial charge on any atom is -0.480 e. The predicted molar refractivity (Wildman–Crippen MR) is 87.1 cm³/mol. The van der Waals surface area contributed by atoms with Crippen molar-refractivity contribution in [2.24, 2.45) is 17.8 Å². The van der Waals surface area contributed by atoms with Gasteiger partial charge < -0.3 is 10.2 Å². The third kappa shape index (κ3) is 4.09. The number of carboxylic acid groups (broad SMARTS) is 2. The molecule has 0 bridgehead atoms. The number of H-pyrrole nitrogens is 1. The molecule has 1 aromatic rings. The number of carbonyl (C=O) groups excluding carboxylic acids is 1. The zero-order valence-electron chi connectivity index (χ0n) is 14.2. The maximum atomic E-state index is 11.9. The number of hydrogen-bond acceptors (Lipinski definition) is 6. The molecule has 0 radical (unpaired) electrons. The average molecular weight is 366 g/mol. The van der Waals surface area contributed by atoms with Crippen LogP contribution in [0.3, 0.4) is 0 Å². The van der Waals surface area contributed by atoms with Crippen LogP contribution in [0.25, 0.3) is 0 Å². The number of aromatic amines is 1. The van der Waals surface area contributed by atoms with Crippen LogP contribution in [0.15, 0.2) is 0 Å². The van der Waals surface area contributed by atoms with E-state index in [1.807, 2.05) is 0 Å². The van der Waals surface area contributed by atoms with Crippen LogP contribution in [0.4, 0.5) is 10.7 Å². The highest BCUT2D eigenvalue weighted by molar-refractivity contribution is 5.88. The molecule has 1 saturated carbocycles. The smallest absolute Gasteiger partial charge is 0.408 e. The van der Waals surface area contributed by atoms with Crippen LogP contribution in [-0.4, -0.2) is 66.3 Å². The number of carbonyl (C=O) groups is 3. The van der Waals surface area contributed by atoms with Crippen LogP contribution in [-0.2, 0) is 9.59 Å². The van der Waals surface area contributed by atoms with Crippen molar-refractivity contribution in [2.75, 3.05) is 11.9 Å². The number of carboxylic acids is 1. The molecule has 1 aliphatic carbocycles. The molecule has 2 aliphatic rings. The molecule has 2 amide bonds. The quantitative estimate of drug-likeness (QED) is 0.594. The van der Waals surface area contributed by atoms with Crippen LogP contribution in [0, 0.1) is 17.8 Å². The second-order valence-electron chi connectivity index (χ2n) is 7.05. The van der Waals surface area contributed by atoms with E-state index in [2.05, 4.69) is 25.9 Å². The summed E-state index contributed by atoms with van der Waals surface area (Å²) in [6, 6.07) is -0.978. The summed E-state index contributed by atoms with van der Waals surface area (Å²) in [5.74, 6) is -0.413. The van der Waals surface area contributed by atoms with Crippen LogP contribution >= 0.6 is 0 Å². The van der Waals surface area contributed by atoms with Gasteiger partial charge in [0, 0.05) is 13.0 Å². The first-order chi connectivity index (χ1) is 12.4. The summed E-state index contributed by atoms with van der Waals surface area (Å²) in [5, 5.41) is 34.1. The number of aromatic nitrogens is 4. The molecule has 0 unspecified atom stereocenters. The monoisotopic (exact) mass is 366 g/mol. The van der Waals surface area contributed by atoms with E-state index in [9.17, 15) is 24.6 Å². The molecule has 11 heteroatoms. The minimum atomic E-state index is -1.17. The molecular weight excluding hydrogens is 344 g/mol. The molecule has 0 aromatic carbocycles. The number of anilines is 1. The summed E-state index contributed by atoms with van der Waals surface area (Å²) in [7, 11) is 0. The number of aliphatic carboxylic acids is 1. The van der Waals surface area contributed by atoms with E-state index in [1.165, 1.54) is 0 Å². The van der Waals surface area contributed by atoms with Gasteiger partial charge in [-0.05, 0) is 48.7 Å². The van der Waals surface area contributed by atoms with Crippen molar-refractivity contribution in [1.82, 2.24) is 25.5 Å². The van der Waals surface area contributed by atoms with E-state index in [4.69, 9.17) is 0 Å². The van der Waals surface area contributed by atoms with Crippen molar-refractivity contribution in [2.45, 2.75) is 44.6 Å². The highest BCUT2D eigenvalue weighted by Gasteiger charge is 2.43. The first kappa shape index (κ1) is 18.1. The lowest BCUT2D eigenvalue weighted by atomic mass is 9.68. The number of hydrogen-bond donors (Lipinski definition) is 4. The first-order valence-electron chi connectivity index (χ1n) is 8.69. The van der Waals surface area contributed by atoms with Crippen LogP contribution in [0.5, 0.6) is 0 Å². The Labute approximate surface area is 149 Å². The zero-order valence-corrected chi connectivity index (χ0v) is 14.2. The lowest BCUT2D eigenvalue weighted by Crippen LogP contribution is -2.54. The Kier molecular flexibility index (Phi) is 5.33. The third-order valence-corrected chi connectivity index (χ3v) is 5.49. The maximum Gasteiger partial charge on any atom is 0.408 e. The molecule has 26 heavy (non-hydrogen) atoms. The standard InChI is InChI=1S/C15H22N6O5/c22-12(16-14-17-19-20-18-14)4-2-8-1-3-9-7-21(15(25)26)11(13(23)24)6-10(9)5-8/h8-11H,1-7H2,(H,23,24)(H,25,26)(H2,16,17,18,19,20,22)/t8-,9+,10-,11+/m1/s1. The lowest BCUT2D eigenvalue weighted by molar-refractivity contribution is -0.146. The van der Waals surface area contributed by atoms with Gasteiger partial charge in [-0.15, -0.1) is 5.10 Å². The molecule has 1 saturated heterocycles. The summed E-state index contributed by atoms with van der Waals surface area (Å²) in [4.78, 5) is 35.7. The molecule has 0 spiro atoms. The number of amides is 2. The first-order valence-corrected chi connectivity index (χ1v) is 8.69. The van der Waals surface area contributed by atoms with Gasteiger partial charge in [0.15, 0.2) is 0 Å². The second-order valence-corrected chi connectivity index (χ2v) is 7.05. The summed E-state index contributed by atoms with van der Waals surface area (Å²) in [5.41, 5.74) is 0. The SMILES string of the molecule is O=C(CC[C@H]1CC[C@H]2CN(C(=O)O)[C@H](C(=O)O)C[C@H]2C1)Nc1nn[nH]n1. The predicted octanol–water partition coefficient (Wildman–Crippen LogP) is 0.788. The van der Waals surface area contributed by atoms with E-state index in [1.54, 1.807) is 0 Å². The minimum absolute atomic E-state index is 0.143. The Balaban J connectivity index is 1.51. The number of nitrogens with zero attached hydrogens (tertiary/aromatic N) is 4. The Morgan fingerprint density at radius 3 is 2.65 bits per heavy atom. The van der Waals surface area contributed by atoms with Crippen molar-refractivity contribution in [3.05, 3.63) is 0 Å². The van der Waals surface area contributed by atoms with Crippen LogP contribution in [0.2, 0.25) is 0 Å². The Morgan fingerprint density at radius 1 is 1.19 bits per heavy atom. The van der Waals surface area contributed by atoms with Gasteiger partial charge in [0.2, 0.25) is 5.91 Å². The summed E-state index contributed by atoms with van der Waals surface area (Å²) >= 11 is 0. The fraction of sp³-hybridized carbons (Fsp3) is 0.733. The third-order valence-electron chi connectivity index (χ3n) is 5.49. The molecule has 3 rings (SSSR count). The molecular formula is C15H22N6O5. The highest BCUT2D eigenvalue weighted by atomic mass is 16.4. The van der Waals surface area contributed by atoms with Crippen molar-refractivity contribution >= 4 is 23.9 Å². The fourth-order valence-electron chi connectivity index (χ4n) is 4.19. The van der Waals surface area contributed by atoms with Gasteiger partial charge in [0.1, 0.15) is 6.04 Å². The lowest BCUT2D eigenvalue weighted by Gasteiger charge is -2.45.